The van der Waals surface area contributed by atoms with E-state index >= 15 is 0 Å². The van der Waals surface area contributed by atoms with E-state index < -0.39 is 0 Å². The predicted molar refractivity (Wildman–Crippen MR) is 77.6 cm³/mol. The standard InChI is InChI=1S/C15H16N4O/c1-19-13(8-14(18-19)16-11-3-4-11)9-2-5-12-10(6-9)7-15(20)17-12/h2,5-6,8,11H,3-4,7H2,1H3,(H,16,18)(H,17,20). The highest BCUT2D eigenvalue weighted by atomic mass is 16.1. The van der Waals surface area contributed by atoms with Crippen LogP contribution >= 0.6 is 0 Å². The number of aromatic nitrogens is 2. The molecule has 0 saturated heterocycles. The predicted octanol–water partition coefficient (Wildman–Crippen LogP) is 2.16. The molecule has 1 aromatic carbocycles. The molecule has 20 heavy (non-hydrogen) atoms. The van der Waals surface area contributed by atoms with Gasteiger partial charge in [-0.25, -0.2) is 0 Å². The number of anilines is 2. The van der Waals surface area contributed by atoms with Crippen molar-refractivity contribution in [1.29, 1.82) is 0 Å². The lowest BCUT2D eigenvalue weighted by Crippen LogP contribution is -2.03. The van der Waals surface area contributed by atoms with Crippen molar-refractivity contribution in [3.63, 3.8) is 0 Å². The number of nitrogens with zero attached hydrogens (tertiary/aromatic N) is 2. The lowest BCUT2D eigenvalue weighted by Gasteiger charge is -2.04. The fraction of sp³-hybridized carbons (Fsp3) is 0.333. The molecule has 1 aliphatic carbocycles. The summed E-state index contributed by atoms with van der Waals surface area (Å²) >= 11 is 0. The minimum absolute atomic E-state index is 0.0678. The minimum atomic E-state index is 0.0678. The molecule has 1 saturated carbocycles. The molecular formula is C15H16N4O. The van der Waals surface area contributed by atoms with Gasteiger partial charge in [-0.3, -0.25) is 9.48 Å². The molecule has 4 rings (SSSR count). The fourth-order valence-corrected chi connectivity index (χ4v) is 2.63. The Morgan fingerprint density at radius 2 is 2.20 bits per heavy atom. The van der Waals surface area contributed by atoms with Gasteiger partial charge in [0.25, 0.3) is 0 Å². The van der Waals surface area contributed by atoms with Crippen LogP contribution in [-0.2, 0) is 18.3 Å². The van der Waals surface area contributed by atoms with Crippen LogP contribution in [0.4, 0.5) is 11.5 Å². The normalized spacial score (nSPS) is 16.9. The molecule has 1 fully saturated rings. The summed E-state index contributed by atoms with van der Waals surface area (Å²) in [7, 11) is 1.95. The Kier molecular flexibility index (Phi) is 2.36. The number of fused-ring (bicyclic) bond motifs is 1. The summed E-state index contributed by atoms with van der Waals surface area (Å²) in [5, 5.41) is 10.8. The van der Waals surface area contributed by atoms with E-state index in [-0.39, 0.29) is 5.91 Å². The van der Waals surface area contributed by atoms with Crippen LogP contribution in [0.5, 0.6) is 0 Å². The minimum Gasteiger partial charge on any atom is -0.366 e. The number of hydrogen-bond acceptors (Lipinski definition) is 3. The Hall–Kier alpha value is -2.30. The molecule has 0 atom stereocenters. The summed E-state index contributed by atoms with van der Waals surface area (Å²) in [6, 6.07) is 8.74. The summed E-state index contributed by atoms with van der Waals surface area (Å²) in [6.45, 7) is 0. The van der Waals surface area contributed by atoms with Crippen LogP contribution in [0, 0.1) is 0 Å². The third-order valence-corrected chi connectivity index (χ3v) is 3.84. The third kappa shape index (κ3) is 1.95. The smallest absolute Gasteiger partial charge is 0.228 e. The number of carbonyl (C=O) groups is 1. The molecular weight excluding hydrogens is 252 g/mol. The summed E-state index contributed by atoms with van der Waals surface area (Å²) in [6.07, 6.45) is 2.94. The molecule has 2 aromatic rings. The third-order valence-electron chi connectivity index (χ3n) is 3.84. The van der Waals surface area contributed by atoms with Crippen LogP contribution in [-0.4, -0.2) is 21.7 Å². The van der Waals surface area contributed by atoms with Gasteiger partial charge in [0.15, 0.2) is 0 Å². The van der Waals surface area contributed by atoms with Crippen LogP contribution < -0.4 is 10.6 Å². The second-order valence-corrected chi connectivity index (χ2v) is 5.55. The molecule has 5 nitrogen and oxygen atoms in total. The number of nitrogens with one attached hydrogen (secondary N) is 2. The zero-order valence-corrected chi connectivity index (χ0v) is 11.3. The molecule has 2 heterocycles. The average molecular weight is 268 g/mol. The molecule has 5 heteroatoms. The molecule has 0 bridgehead atoms. The topological polar surface area (TPSA) is 59.0 Å². The van der Waals surface area contributed by atoms with E-state index in [0.717, 1.165) is 28.3 Å². The van der Waals surface area contributed by atoms with Crippen molar-refractivity contribution in [3.8, 4) is 11.3 Å². The van der Waals surface area contributed by atoms with Gasteiger partial charge in [-0.2, -0.15) is 5.10 Å². The van der Waals surface area contributed by atoms with E-state index in [1.807, 2.05) is 23.9 Å². The molecule has 2 N–H and O–H groups in total. The number of hydrogen-bond donors (Lipinski definition) is 2. The summed E-state index contributed by atoms with van der Waals surface area (Å²) in [5.41, 5.74) is 4.15. The Morgan fingerprint density at radius 1 is 1.35 bits per heavy atom. The van der Waals surface area contributed by atoms with Gasteiger partial charge in [0.1, 0.15) is 5.82 Å². The van der Waals surface area contributed by atoms with Crippen molar-refractivity contribution in [2.75, 3.05) is 10.6 Å². The molecule has 1 amide bonds. The van der Waals surface area contributed by atoms with Gasteiger partial charge in [0.2, 0.25) is 5.91 Å². The molecule has 0 spiro atoms. The maximum Gasteiger partial charge on any atom is 0.228 e. The second-order valence-electron chi connectivity index (χ2n) is 5.55. The number of aryl methyl sites for hydroxylation is 1. The van der Waals surface area contributed by atoms with Gasteiger partial charge < -0.3 is 10.6 Å². The SMILES string of the molecule is Cn1nc(NC2CC2)cc1-c1ccc2c(c1)CC(=O)N2. The molecule has 0 unspecified atom stereocenters. The zero-order valence-electron chi connectivity index (χ0n) is 11.3. The molecule has 2 aliphatic rings. The first kappa shape index (κ1) is 11.5. The van der Waals surface area contributed by atoms with Gasteiger partial charge in [-0.05, 0) is 30.5 Å². The molecule has 102 valence electrons. The largest absolute Gasteiger partial charge is 0.366 e. The van der Waals surface area contributed by atoms with Crippen LogP contribution in [0.3, 0.4) is 0 Å². The quantitative estimate of drug-likeness (QED) is 0.896. The zero-order chi connectivity index (χ0) is 13.7. The lowest BCUT2D eigenvalue weighted by molar-refractivity contribution is -0.115. The van der Waals surface area contributed by atoms with Gasteiger partial charge in [0.05, 0.1) is 12.1 Å². The highest BCUT2D eigenvalue weighted by Gasteiger charge is 2.23. The first-order chi connectivity index (χ1) is 9.69. The van der Waals surface area contributed by atoms with Crippen molar-refractivity contribution < 1.29 is 4.79 Å². The summed E-state index contributed by atoms with van der Waals surface area (Å²) in [4.78, 5) is 11.4. The van der Waals surface area contributed by atoms with Gasteiger partial charge in [0, 0.05) is 30.4 Å². The van der Waals surface area contributed by atoms with E-state index in [2.05, 4.69) is 27.9 Å². The Balaban J connectivity index is 1.68. The molecule has 1 aromatic heterocycles. The Labute approximate surface area is 117 Å². The number of benzene rings is 1. The number of rotatable bonds is 3. The van der Waals surface area contributed by atoms with Crippen molar-refractivity contribution in [2.45, 2.75) is 25.3 Å². The maximum atomic E-state index is 11.4. The van der Waals surface area contributed by atoms with Crippen LogP contribution in [0.15, 0.2) is 24.3 Å². The van der Waals surface area contributed by atoms with Crippen molar-refractivity contribution in [3.05, 3.63) is 29.8 Å². The highest BCUT2D eigenvalue weighted by Crippen LogP contribution is 2.31. The van der Waals surface area contributed by atoms with E-state index in [4.69, 9.17) is 0 Å². The average Bonchev–Trinajstić information content (AvgIpc) is 3.02. The van der Waals surface area contributed by atoms with Crippen molar-refractivity contribution in [2.24, 2.45) is 7.05 Å². The second kappa shape index (κ2) is 4.10. The van der Waals surface area contributed by atoms with Crippen molar-refractivity contribution in [1.82, 2.24) is 9.78 Å². The Bertz CT molecular complexity index is 700. The van der Waals surface area contributed by atoms with Gasteiger partial charge in [-0.1, -0.05) is 6.07 Å². The van der Waals surface area contributed by atoms with Crippen molar-refractivity contribution >= 4 is 17.4 Å². The van der Waals surface area contributed by atoms with Crippen LogP contribution in [0.2, 0.25) is 0 Å². The lowest BCUT2D eigenvalue weighted by atomic mass is 10.1. The van der Waals surface area contributed by atoms with E-state index in [1.54, 1.807) is 0 Å². The maximum absolute atomic E-state index is 11.4. The van der Waals surface area contributed by atoms with Crippen LogP contribution in [0.1, 0.15) is 18.4 Å². The highest BCUT2D eigenvalue weighted by molar-refractivity contribution is 5.99. The van der Waals surface area contributed by atoms with E-state index in [9.17, 15) is 4.79 Å². The first-order valence-electron chi connectivity index (χ1n) is 6.93. The van der Waals surface area contributed by atoms with Gasteiger partial charge >= 0.3 is 0 Å². The first-order valence-corrected chi connectivity index (χ1v) is 6.93. The van der Waals surface area contributed by atoms with Crippen LogP contribution in [0.25, 0.3) is 11.3 Å². The summed E-state index contributed by atoms with van der Waals surface area (Å²) in [5.74, 6) is 0.998. The van der Waals surface area contributed by atoms with E-state index in [0.29, 0.717) is 12.5 Å². The number of carbonyl (C=O) groups excluding carboxylic acids is 1. The molecule has 1 aliphatic heterocycles. The summed E-state index contributed by atoms with van der Waals surface area (Å²) < 4.78 is 1.89. The fourth-order valence-electron chi connectivity index (χ4n) is 2.63. The Morgan fingerprint density at radius 3 is 3.00 bits per heavy atom. The molecule has 0 radical (unpaired) electrons. The number of amides is 1. The monoisotopic (exact) mass is 268 g/mol. The van der Waals surface area contributed by atoms with E-state index in [1.165, 1.54) is 12.8 Å². The van der Waals surface area contributed by atoms with Gasteiger partial charge in [-0.15, -0.1) is 0 Å².